The second kappa shape index (κ2) is 7.66. The predicted octanol–water partition coefficient (Wildman–Crippen LogP) is 2.39. The van der Waals surface area contributed by atoms with Crippen LogP contribution in [0.15, 0.2) is 48.7 Å². The number of aliphatic hydroxyl groups is 1. The molecule has 1 amide bonds. The van der Waals surface area contributed by atoms with Crippen LogP contribution >= 0.6 is 0 Å². The molecule has 1 aromatic carbocycles. The van der Waals surface area contributed by atoms with Crippen LogP contribution in [0.25, 0.3) is 0 Å². The Hall–Kier alpha value is -2.40. The molecule has 0 bridgehead atoms. The Labute approximate surface area is 148 Å². The van der Waals surface area contributed by atoms with Crippen LogP contribution in [-0.2, 0) is 6.42 Å². The van der Waals surface area contributed by atoms with Crippen LogP contribution in [0, 0.1) is 5.41 Å². The number of aliphatic hydroxyl groups excluding tert-OH is 1. The van der Waals surface area contributed by atoms with Gasteiger partial charge in [0.2, 0.25) is 0 Å². The summed E-state index contributed by atoms with van der Waals surface area (Å²) < 4.78 is 0. The Morgan fingerprint density at radius 1 is 1.24 bits per heavy atom. The van der Waals surface area contributed by atoms with E-state index >= 15 is 0 Å². The number of anilines is 1. The number of hydrogen-bond donors (Lipinski definition) is 2. The summed E-state index contributed by atoms with van der Waals surface area (Å²) in [6, 6.07) is 13.8. The van der Waals surface area contributed by atoms with Gasteiger partial charge in [-0.25, -0.2) is 4.98 Å². The zero-order valence-electron chi connectivity index (χ0n) is 14.4. The molecule has 1 unspecified atom stereocenters. The highest BCUT2D eigenvalue weighted by atomic mass is 16.3. The minimum absolute atomic E-state index is 0.134. The Bertz CT molecular complexity index is 720. The van der Waals surface area contributed by atoms with Crippen LogP contribution in [-0.4, -0.2) is 35.7 Å². The van der Waals surface area contributed by atoms with Crippen molar-refractivity contribution in [3.05, 3.63) is 59.8 Å². The second-order valence-electron chi connectivity index (χ2n) is 6.91. The number of hydrogen-bond acceptors (Lipinski definition) is 4. The molecule has 1 fully saturated rings. The largest absolute Gasteiger partial charge is 0.396 e. The monoisotopic (exact) mass is 339 g/mol. The minimum Gasteiger partial charge on any atom is -0.396 e. The number of rotatable bonds is 6. The lowest BCUT2D eigenvalue weighted by molar-refractivity contribution is 0.0956. The lowest BCUT2D eigenvalue weighted by Gasteiger charge is -2.43. The maximum atomic E-state index is 11.7. The highest BCUT2D eigenvalue weighted by Crippen LogP contribution is 2.36. The Balaban J connectivity index is 1.77. The van der Waals surface area contributed by atoms with Crippen LogP contribution < -0.4 is 10.6 Å². The number of aromatic nitrogens is 1. The summed E-state index contributed by atoms with van der Waals surface area (Å²) in [6.45, 7) is 1.65. The molecule has 0 radical (unpaired) electrons. The van der Waals surface area contributed by atoms with Crippen LogP contribution in [0.5, 0.6) is 0 Å². The molecule has 2 aromatic rings. The van der Waals surface area contributed by atoms with Gasteiger partial charge < -0.3 is 15.7 Å². The number of carbonyl (C=O) groups is 1. The third-order valence-electron chi connectivity index (χ3n) is 5.14. The number of benzene rings is 1. The van der Waals surface area contributed by atoms with E-state index in [1.54, 1.807) is 18.3 Å². The summed E-state index contributed by atoms with van der Waals surface area (Å²) in [6.07, 6.45) is 5.46. The van der Waals surface area contributed by atoms with Crippen LogP contribution in [0.1, 0.15) is 35.2 Å². The zero-order valence-corrected chi connectivity index (χ0v) is 14.4. The van der Waals surface area contributed by atoms with Gasteiger partial charge in [-0.2, -0.15) is 0 Å². The fourth-order valence-corrected chi connectivity index (χ4v) is 3.70. The van der Waals surface area contributed by atoms with Gasteiger partial charge in [0.25, 0.3) is 5.91 Å². The SMILES string of the molecule is NC(=O)c1cccnc1N1CCCC(CO)(CCc2ccccc2)C1. The minimum atomic E-state index is -0.465. The van der Waals surface area contributed by atoms with Gasteiger partial charge in [-0.3, -0.25) is 4.79 Å². The van der Waals surface area contributed by atoms with Crippen molar-refractivity contribution in [2.45, 2.75) is 25.7 Å². The first-order chi connectivity index (χ1) is 12.1. The number of amides is 1. The fourth-order valence-electron chi connectivity index (χ4n) is 3.70. The van der Waals surface area contributed by atoms with E-state index in [1.165, 1.54) is 5.56 Å². The van der Waals surface area contributed by atoms with E-state index in [1.807, 2.05) is 18.2 Å². The zero-order chi connectivity index (χ0) is 17.7. The summed E-state index contributed by atoms with van der Waals surface area (Å²) in [7, 11) is 0. The summed E-state index contributed by atoms with van der Waals surface area (Å²) in [5, 5.41) is 10.1. The van der Waals surface area contributed by atoms with Crippen molar-refractivity contribution in [3.63, 3.8) is 0 Å². The second-order valence-corrected chi connectivity index (χ2v) is 6.91. The molecule has 1 aromatic heterocycles. The van der Waals surface area contributed by atoms with Crippen molar-refractivity contribution >= 4 is 11.7 Å². The molecule has 3 rings (SSSR count). The van der Waals surface area contributed by atoms with Crippen molar-refractivity contribution in [1.29, 1.82) is 0 Å². The maximum Gasteiger partial charge on any atom is 0.252 e. The number of nitrogens with two attached hydrogens (primary N) is 1. The standard InChI is InChI=1S/C20H25N3O2/c21-18(25)17-8-4-12-22-19(17)23-13-5-10-20(14-23,15-24)11-9-16-6-2-1-3-7-16/h1-4,6-8,12,24H,5,9-11,13-15H2,(H2,21,25). The van der Waals surface area contributed by atoms with E-state index < -0.39 is 5.91 Å². The van der Waals surface area contributed by atoms with Crippen LogP contribution in [0.3, 0.4) is 0 Å². The lowest BCUT2D eigenvalue weighted by atomic mass is 9.76. The number of primary amides is 1. The van der Waals surface area contributed by atoms with Crippen molar-refractivity contribution in [2.75, 3.05) is 24.6 Å². The number of piperidine rings is 1. The molecule has 25 heavy (non-hydrogen) atoms. The van der Waals surface area contributed by atoms with Crippen LogP contribution in [0.2, 0.25) is 0 Å². The number of pyridine rings is 1. The van der Waals surface area contributed by atoms with E-state index in [4.69, 9.17) is 5.73 Å². The molecule has 5 nitrogen and oxygen atoms in total. The highest BCUT2D eigenvalue weighted by Gasteiger charge is 2.36. The van der Waals surface area contributed by atoms with Crippen molar-refractivity contribution in [1.82, 2.24) is 4.98 Å². The van der Waals surface area contributed by atoms with Gasteiger partial charge in [0.1, 0.15) is 5.82 Å². The van der Waals surface area contributed by atoms with Gasteiger partial charge in [0.05, 0.1) is 12.2 Å². The van der Waals surface area contributed by atoms with E-state index in [2.05, 4.69) is 22.0 Å². The van der Waals surface area contributed by atoms with Gasteiger partial charge in [0.15, 0.2) is 0 Å². The van der Waals surface area contributed by atoms with E-state index in [0.717, 1.165) is 32.2 Å². The van der Waals surface area contributed by atoms with E-state index in [0.29, 0.717) is 17.9 Å². The van der Waals surface area contributed by atoms with Gasteiger partial charge in [0, 0.05) is 24.7 Å². The molecule has 0 aliphatic carbocycles. The molecule has 5 heteroatoms. The van der Waals surface area contributed by atoms with E-state index in [-0.39, 0.29) is 12.0 Å². The van der Waals surface area contributed by atoms with Gasteiger partial charge in [-0.15, -0.1) is 0 Å². The summed E-state index contributed by atoms with van der Waals surface area (Å²) >= 11 is 0. The van der Waals surface area contributed by atoms with Crippen molar-refractivity contribution < 1.29 is 9.90 Å². The molecule has 1 aliphatic rings. The average Bonchev–Trinajstić information content (AvgIpc) is 2.67. The lowest BCUT2D eigenvalue weighted by Crippen LogP contribution is -2.46. The Morgan fingerprint density at radius 2 is 2.04 bits per heavy atom. The van der Waals surface area contributed by atoms with E-state index in [9.17, 15) is 9.90 Å². The molecule has 2 heterocycles. The highest BCUT2D eigenvalue weighted by molar-refractivity contribution is 5.97. The molecule has 0 spiro atoms. The first-order valence-electron chi connectivity index (χ1n) is 8.78. The molecule has 0 saturated carbocycles. The molecular formula is C20H25N3O2. The normalized spacial score (nSPS) is 20.4. The first kappa shape index (κ1) is 17.4. The smallest absolute Gasteiger partial charge is 0.252 e. The number of nitrogens with zero attached hydrogens (tertiary/aromatic N) is 2. The maximum absolute atomic E-state index is 11.7. The summed E-state index contributed by atoms with van der Waals surface area (Å²) in [4.78, 5) is 18.2. The van der Waals surface area contributed by atoms with Gasteiger partial charge in [-0.1, -0.05) is 30.3 Å². The quantitative estimate of drug-likeness (QED) is 0.847. The Kier molecular flexibility index (Phi) is 5.34. The number of aryl methyl sites for hydroxylation is 1. The van der Waals surface area contributed by atoms with Gasteiger partial charge >= 0.3 is 0 Å². The molecular weight excluding hydrogens is 314 g/mol. The topological polar surface area (TPSA) is 79.5 Å². The van der Waals surface area contributed by atoms with Crippen LogP contribution in [0.4, 0.5) is 5.82 Å². The third-order valence-corrected chi connectivity index (χ3v) is 5.14. The number of carbonyl (C=O) groups excluding carboxylic acids is 1. The molecule has 3 N–H and O–H groups in total. The molecule has 1 aliphatic heterocycles. The molecule has 132 valence electrons. The van der Waals surface area contributed by atoms with Gasteiger partial charge in [-0.05, 0) is 43.4 Å². The molecule has 1 atom stereocenters. The fraction of sp³-hybridized carbons (Fsp3) is 0.400. The van der Waals surface area contributed by atoms with Crippen molar-refractivity contribution in [2.24, 2.45) is 11.1 Å². The predicted molar refractivity (Wildman–Crippen MR) is 98.5 cm³/mol. The summed E-state index contributed by atoms with van der Waals surface area (Å²) in [5.74, 6) is 0.166. The first-order valence-corrected chi connectivity index (χ1v) is 8.78. The molecule has 1 saturated heterocycles. The summed E-state index contributed by atoms with van der Waals surface area (Å²) in [5.41, 5.74) is 7.05. The average molecular weight is 339 g/mol. The Morgan fingerprint density at radius 3 is 2.76 bits per heavy atom. The van der Waals surface area contributed by atoms with Crippen molar-refractivity contribution in [3.8, 4) is 0 Å². The third kappa shape index (κ3) is 3.99.